The SMILES string of the molecule is Cn1c(=O)cc(N2CCCC(N)C2)c2ccccc21. The Hall–Kier alpha value is -1.81. The zero-order valence-corrected chi connectivity index (χ0v) is 11.2. The molecule has 1 aromatic heterocycles. The van der Waals surface area contributed by atoms with Crippen LogP contribution in [0, 0.1) is 0 Å². The minimum absolute atomic E-state index is 0.0350. The summed E-state index contributed by atoms with van der Waals surface area (Å²) >= 11 is 0. The Balaban J connectivity index is 2.18. The van der Waals surface area contributed by atoms with Gasteiger partial charge in [0.05, 0.1) is 11.2 Å². The quantitative estimate of drug-likeness (QED) is 0.841. The Kier molecular flexibility index (Phi) is 3.03. The second-order valence-corrected chi connectivity index (χ2v) is 5.29. The molecule has 1 fully saturated rings. The van der Waals surface area contributed by atoms with Gasteiger partial charge in [-0.3, -0.25) is 4.79 Å². The number of nitrogens with zero attached hydrogens (tertiary/aromatic N) is 2. The molecule has 100 valence electrons. The van der Waals surface area contributed by atoms with Crippen molar-refractivity contribution in [2.45, 2.75) is 18.9 Å². The van der Waals surface area contributed by atoms with Crippen molar-refractivity contribution in [3.8, 4) is 0 Å². The van der Waals surface area contributed by atoms with E-state index in [9.17, 15) is 4.79 Å². The number of aromatic nitrogens is 1. The van der Waals surface area contributed by atoms with Crippen molar-refractivity contribution < 1.29 is 0 Å². The summed E-state index contributed by atoms with van der Waals surface area (Å²) in [4.78, 5) is 14.3. The first-order valence-corrected chi connectivity index (χ1v) is 6.76. The molecule has 0 radical (unpaired) electrons. The summed E-state index contributed by atoms with van der Waals surface area (Å²) < 4.78 is 1.70. The molecule has 1 aliphatic heterocycles. The van der Waals surface area contributed by atoms with Crippen LogP contribution in [0.2, 0.25) is 0 Å². The standard InChI is InChI=1S/C15H19N3O/c1-17-13-7-3-2-6-12(13)14(9-15(17)19)18-8-4-5-11(16)10-18/h2-3,6-7,9,11H,4-5,8,10,16H2,1H3. The third-order valence-corrected chi connectivity index (χ3v) is 3.93. The summed E-state index contributed by atoms with van der Waals surface area (Å²) in [5.74, 6) is 0. The van der Waals surface area contributed by atoms with Crippen molar-refractivity contribution in [2.24, 2.45) is 12.8 Å². The average Bonchev–Trinajstić information content (AvgIpc) is 2.43. The van der Waals surface area contributed by atoms with E-state index in [2.05, 4.69) is 11.0 Å². The lowest BCUT2D eigenvalue weighted by Crippen LogP contribution is -2.43. The van der Waals surface area contributed by atoms with Gasteiger partial charge in [-0.25, -0.2) is 0 Å². The first-order valence-electron chi connectivity index (χ1n) is 6.76. The first kappa shape index (κ1) is 12.2. The highest BCUT2D eigenvalue weighted by Gasteiger charge is 2.19. The summed E-state index contributed by atoms with van der Waals surface area (Å²) in [5.41, 5.74) is 8.08. The summed E-state index contributed by atoms with van der Waals surface area (Å²) in [5, 5.41) is 1.12. The summed E-state index contributed by atoms with van der Waals surface area (Å²) in [6, 6.07) is 9.99. The lowest BCUT2D eigenvalue weighted by atomic mass is 10.0. The minimum Gasteiger partial charge on any atom is -0.369 e. The molecule has 1 unspecified atom stereocenters. The fourth-order valence-electron chi connectivity index (χ4n) is 2.88. The number of piperidine rings is 1. The van der Waals surface area contributed by atoms with Gasteiger partial charge in [-0.1, -0.05) is 18.2 Å². The van der Waals surface area contributed by atoms with E-state index in [1.807, 2.05) is 25.2 Å². The van der Waals surface area contributed by atoms with Crippen molar-refractivity contribution in [3.63, 3.8) is 0 Å². The van der Waals surface area contributed by atoms with Crippen molar-refractivity contribution in [3.05, 3.63) is 40.7 Å². The average molecular weight is 257 g/mol. The Labute approximate surface area is 112 Å². The van der Waals surface area contributed by atoms with Crippen molar-refractivity contribution in [1.82, 2.24) is 4.57 Å². The molecule has 1 aromatic carbocycles. The van der Waals surface area contributed by atoms with Gasteiger partial charge >= 0.3 is 0 Å². The Morgan fingerprint density at radius 1 is 1.32 bits per heavy atom. The molecule has 0 aliphatic carbocycles. The molecule has 4 nitrogen and oxygen atoms in total. The van der Waals surface area contributed by atoms with Gasteiger partial charge in [-0.15, -0.1) is 0 Å². The fraction of sp³-hybridized carbons (Fsp3) is 0.400. The Bertz CT molecular complexity index is 662. The molecule has 1 atom stereocenters. The van der Waals surface area contributed by atoms with E-state index in [0.717, 1.165) is 42.5 Å². The first-order chi connectivity index (χ1) is 9.16. The number of pyridine rings is 1. The van der Waals surface area contributed by atoms with E-state index in [-0.39, 0.29) is 11.6 Å². The highest BCUT2D eigenvalue weighted by Crippen LogP contribution is 2.26. The molecule has 1 saturated heterocycles. The molecule has 0 bridgehead atoms. The Morgan fingerprint density at radius 2 is 2.11 bits per heavy atom. The number of para-hydroxylation sites is 1. The fourth-order valence-corrected chi connectivity index (χ4v) is 2.88. The third kappa shape index (κ3) is 2.12. The summed E-state index contributed by atoms with van der Waals surface area (Å²) in [6.45, 7) is 1.81. The van der Waals surface area contributed by atoms with E-state index in [4.69, 9.17) is 5.73 Å². The molecule has 0 amide bonds. The van der Waals surface area contributed by atoms with Crippen LogP contribution in [-0.2, 0) is 7.05 Å². The molecular formula is C15H19N3O. The summed E-state index contributed by atoms with van der Waals surface area (Å²) in [6.07, 6.45) is 2.16. The molecule has 19 heavy (non-hydrogen) atoms. The van der Waals surface area contributed by atoms with E-state index < -0.39 is 0 Å². The van der Waals surface area contributed by atoms with Gasteiger partial charge in [0.15, 0.2) is 0 Å². The number of benzene rings is 1. The van der Waals surface area contributed by atoms with Crippen molar-refractivity contribution in [2.75, 3.05) is 18.0 Å². The van der Waals surface area contributed by atoms with E-state index in [0.29, 0.717) is 0 Å². The molecule has 2 N–H and O–H groups in total. The molecule has 4 heteroatoms. The van der Waals surface area contributed by atoms with Crippen LogP contribution in [-0.4, -0.2) is 23.7 Å². The number of hydrogen-bond donors (Lipinski definition) is 1. The second-order valence-electron chi connectivity index (χ2n) is 5.29. The smallest absolute Gasteiger partial charge is 0.252 e. The lowest BCUT2D eigenvalue weighted by Gasteiger charge is -2.33. The molecule has 2 heterocycles. The van der Waals surface area contributed by atoms with Crippen molar-refractivity contribution >= 4 is 16.6 Å². The number of fused-ring (bicyclic) bond motifs is 1. The largest absolute Gasteiger partial charge is 0.369 e. The van der Waals surface area contributed by atoms with E-state index in [1.54, 1.807) is 10.6 Å². The number of anilines is 1. The molecule has 1 aliphatic rings. The van der Waals surface area contributed by atoms with Crippen LogP contribution in [0.3, 0.4) is 0 Å². The van der Waals surface area contributed by atoms with Gasteiger partial charge in [0.25, 0.3) is 5.56 Å². The normalized spacial score (nSPS) is 19.9. The van der Waals surface area contributed by atoms with Gasteiger partial charge in [0, 0.05) is 37.6 Å². The van der Waals surface area contributed by atoms with Gasteiger partial charge in [-0.2, -0.15) is 0 Å². The lowest BCUT2D eigenvalue weighted by molar-refractivity contribution is 0.506. The van der Waals surface area contributed by atoms with Gasteiger partial charge in [-0.05, 0) is 18.9 Å². The zero-order valence-electron chi connectivity index (χ0n) is 11.2. The minimum atomic E-state index is 0.0350. The van der Waals surface area contributed by atoms with Crippen molar-refractivity contribution in [1.29, 1.82) is 0 Å². The summed E-state index contributed by atoms with van der Waals surface area (Å²) in [7, 11) is 1.82. The highest BCUT2D eigenvalue weighted by molar-refractivity contribution is 5.91. The van der Waals surface area contributed by atoms with Crippen LogP contribution in [0.5, 0.6) is 0 Å². The molecule has 3 rings (SSSR count). The number of nitrogens with two attached hydrogens (primary N) is 1. The maximum atomic E-state index is 12.1. The van der Waals surface area contributed by atoms with Crippen LogP contribution in [0.15, 0.2) is 35.1 Å². The third-order valence-electron chi connectivity index (χ3n) is 3.93. The number of aryl methyl sites for hydroxylation is 1. The van der Waals surface area contributed by atoms with E-state index >= 15 is 0 Å². The van der Waals surface area contributed by atoms with Gasteiger partial charge in [0.1, 0.15) is 0 Å². The number of rotatable bonds is 1. The molecule has 0 spiro atoms. The second kappa shape index (κ2) is 4.70. The van der Waals surface area contributed by atoms with Crippen LogP contribution < -0.4 is 16.2 Å². The van der Waals surface area contributed by atoms with Gasteiger partial charge in [0.2, 0.25) is 0 Å². The maximum Gasteiger partial charge on any atom is 0.252 e. The zero-order chi connectivity index (χ0) is 13.4. The monoisotopic (exact) mass is 257 g/mol. The van der Waals surface area contributed by atoms with Crippen LogP contribution in [0.25, 0.3) is 10.9 Å². The Morgan fingerprint density at radius 3 is 2.89 bits per heavy atom. The maximum absolute atomic E-state index is 12.1. The molecular weight excluding hydrogens is 238 g/mol. The predicted molar refractivity (Wildman–Crippen MR) is 78.6 cm³/mol. The topological polar surface area (TPSA) is 51.3 Å². The highest BCUT2D eigenvalue weighted by atomic mass is 16.1. The van der Waals surface area contributed by atoms with E-state index in [1.165, 1.54) is 0 Å². The van der Waals surface area contributed by atoms with Crippen LogP contribution in [0.1, 0.15) is 12.8 Å². The predicted octanol–water partition coefficient (Wildman–Crippen LogP) is 1.47. The molecule has 2 aromatic rings. The molecule has 0 saturated carbocycles. The van der Waals surface area contributed by atoms with Crippen LogP contribution in [0.4, 0.5) is 5.69 Å². The van der Waals surface area contributed by atoms with Gasteiger partial charge < -0.3 is 15.2 Å². The van der Waals surface area contributed by atoms with Crippen LogP contribution >= 0.6 is 0 Å². The number of hydrogen-bond acceptors (Lipinski definition) is 3.